The van der Waals surface area contributed by atoms with Crippen LogP contribution in [0.4, 0.5) is 0 Å². The van der Waals surface area contributed by atoms with E-state index in [1.54, 1.807) is 37.4 Å². The summed E-state index contributed by atoms with van der Waals surface area (Å²) in [5.41, 5.74) is 0.901. The zero-order valence-corrected chi connectivity index (χ0v) is 17.8. The van der Waals surface area contributed by atoms with Crippen molar-refractivity contribution in [3.05, 3.63) is 47.2 Å². The summed E-state index contributed by atoms with van der Waals surface area (Å²) in [6.07, 6.45) is -1.42. The third-order valence-corrected chi connectivity index (χ3v) is 7.30. The number of nitrogens with one attached hydrogen (secondary N) is 1. The van der Waals surface area contributed by atoms with Gasteiger partial charge in [0.25, 0.3) is 11.8 Å². The van der Waals surface area contributed by atoms with E-state index < -0.39 is 35.3 Å². The van der Waals surface area contributed by atoms with Gasteiger partial charge in [0.1, 0.15) is 17.1 Å². The van der Waals surface area contributed by atoms with Crippen LogP contribution < -0.4 is 5.32 Å². The number of tetrazole rings is 1. The van der Waals surface area contributed by atoms with Gasteiger partial charge in [-0.05, 0) is 21.6 Å². The number of thioether (sulfide) groups is 2. The number of aliphatic carboxylic acids is 1. The Morgan fingerprint density at radius 2 is 2.06 bits per heavy atom. The van der Waals surface area contributed by atoms with Crippen molar-refractivity contribution in [3.8, 4) is 0 Å². The van der Waals surface area contributed by atoms with Crippen LogP contribution in [0.2, 0.25) is 0 Å². The molecule has 164 valence electrons. The summed E-state index contributed by atoms with van der Waals surface area (Å²) in [7, 11) is 1.68. The Kier molecular flexibility index (Phi) is 8.01. The number of β-lactam (4-membered cyclic amide) rings is 1. The zero-order chi connectivity index (χ0) is 22.1. The van der Waals surface area contributed by atoms with E-state index in [1.807, 2.05) is 0 Å². The van der Waals surface area contributed by atoms with Crippen molar-refractivity contribution < 1.29 is 24.6 Å². The molecule has 3 heterocycles. The number of fused-ring (bicyclic) bond motifs is 1. The second-order valence-electron chi connectivity index (χ2n) is 6.84. The Balaban J connectivity index is 0.00000289. The fourth-order valence-electron chi connectivity index (χ4n) is 3.31. The third kappa shape index (κ3) is 4.72. The predicted octanol–water partition coefficient (Wildman–Crippen LogP) is -0.874. The SMILES string of the molecule is Cn1nnnc1SCC1=C(C(=O)O)N2C(=O)[C@@H](NC(=O)C(O)c3ccccc3)[C@H]2SC1.[NaH]. The monoisotopic (exact) mass is 486 g/mol. The molecule has 32 heavy (non-hydrogen) atoms. The van der Waals surface area contributed by atoms with Gasteiger partial charge in [-0.3, -0.25) is 14.5 Å². The molecule has 2 aliphatic heterocycles. The molecule has 1 unspecified atom stereocenters. The van der Waals surface area contributed by atoms with Crippen LogP contribution in [0.3, 0.4) is 0 Å². The molecule has 1 aromatic heterocycles. The van der Waals surface area contributed by atoms with Crippen LogP contribution in [0, 0.1) is 0 Å². The van der Waals surface area contributed by atoms with E-state index in [0.717, 1.165) is 0 Å². The molecule has 1 saturated heterocycles. The van der Waals surface area contributed by atoms with Gasteiger partial charge in [-0.2, -0.15) is 0 Å². The quantitative estimate of drug-likeness (QED) is 0.256. The number of amides is 2. The first-order valence-corrected chi connectivity index (χ1v) is 11.2. The first kappa shape index (κ1) is 24.7. The molecule has 3 atom stereocenters. The summed E-state index contributed by atoms with van der Waals surface area (Å²) in [5, 5.41) is 33.6. The van der Waals surface area contributed by atoms with Crippen LogP contribution >= 0.6 is 23.5 Å². The number of hydrogen-bond acceptors (Lipinski definition) is 9. The third-order valence-electron chi connectivity index (χ3n) is 4.87. The van der Waals surface area contributed by atoms with Crippen LogP contribution in [0.1, 0.15) is 11.7 Å². The minimum atomic E-state index is -1.42. The second kappa shape index (κ2) is 10.4. The van der Waals surface area contributed by atoms with E-state index in [9.17, 15) is 24.6 Å². The number of carbonyl (C=O) groups is 3. The van der Waals surface area contributed by atoms with Crippen molar-refractivity contribution in [3.63, 3.8) is 0 Å². The molecule has 0 aliphatic carbocycles. The molecular formula is C18H19N6NaO5S2. The van der Waals surface area contributed by atoms with Crippen molar-refractivity contribution in [1.82, 2.24) is 30.4 Å². The van der Waals surface area contributed by atoms with Crippen molar-refractivity contribution in [2.24, 2.45) is 7.05 Å². The van der Waals surface area contributed by atoms with Crippen molar-refractivity contribution >= 4 is 70.9 Å². The maximum atomic E-state index is 12.7. The summed E-state index contributed by atoms with van der Waals surface area (Å²) in [5.74, 6) is -1.75. The van der Waals surface area contributed by atoms with Crippen LogP contribution in [0.5, 0.6) is 0 Å². The number of hydrogen-bond donors (Lipinski definition) is 3. The van der Waals surface area contributed by atoms with Gasteiger partial charge in [-0.1, -0.05) is 42.1 Å². The predicted molar refractivity (Wildman–Crippen MR) is 118 cm³/mol. The van der Waals surface area contributed by atoms with Gasteiger partial charge in [0.05, 0.1) is 0 Å². The molecule has 4 rings (SSSR count). The van der Waals surface area contributed by atoms with Crippen LogP contribution in [0.25, 0.3) is 0 Å². The minimum absolute atomic E-state index is 0. The molecule has 14 heteroatoms. The Bertz CT molecular complexity index is 1070. The normalized spacial score (nSPS) is 20.7. The fraction of sp³-hybridized carbons (Fsp3) is 0.333. The summed E-state index contributed by atoms with van der Waals surface area (Å²) < 4.78 is 1.48. The number of rotatable bonds is 7. The van der Waals surface area contributed by atoms with E-state index in [1.165, 1.54) is 33.1 Å². The number of aromatic nitrogens is 4. The number of aryl methyl sites for hydroxylation is 1. The van der Waals surface area contributed by atoms with Crippen LogP contribution in [-0.4, -0.2) is 106 Å². The molecule has 2 aromatic rings. The first-order chi connectivity index (χ1) is 14.9. The summed E-state index contributed by atoms with van der Waals surface area (Å²) >= 11 is 2.64. The topological polar surface area (TPSA) is 151 Å². The number of carbonyl (C=O) groups excluding carboxylic acids is 2. The van der Waals surface area contributed by atoms with Gasteiger partial charge in [0.2, 0.25) is 5.16 Å². The van der Waals surface area contributed by atoms with E-state index in [0.29, 0.717) is 27.8 Å². The Labute approximate surface area is 213 Å². The average Bonchev–Trinajstić information content (AvgIpc) is 3.19. The van der Waals surface area contributed by atoms with Gasteiger partial charge in [0, 0.05) is 18.6 Å². The van der Waals surface area contributed by atoms with Crippen molar-refractivity contribution in [2.75, 3.05) is 11.5 Å². The summed E-state index contributed by atoms with van der Waals surface area (Å²) in [4.78, 5) is 38.2. The number of nitrogens with zero attached hydrogens (tertiary/aromatic N) is 5. The molecule has 3 N–H and O–H groups in total. The Morgan fingerprint density at radius 3 is 2.69 bits per heavy atom. The average molecular weight is 487 g/mol. The molecule has 1 fully saturated rings. The van der Waals surface area contributed by atoms with Crippen molar-refractivity contribution in [1.29, 1.82) is 0 Å². The van der Waals surface area contributed by atoms with E-state index in [2.05, 4.69) is 20.8 Å². The maximum absolute atomic E-state index is 12.7. The van der Waals surface area contributed by atoms with Gasteiger partial charge in [-0.25, -0.2) is 9.48 Å². The number of benzene rings is 1. The van der Waals surface area contributed by atoms with Gasteiger partial charge < -0.3 is 15.5 Å². The van der Waals surface area contributed by atoms with Gasteiger partial charge in [0.15, 0.2) is 6.10 Å². The van der Waals surface area contributed by atoms with E-state index in [4.69, 9.17) is 0 Å². The van der Waals surface area contributed by atoms with Crippen LogP contribution in [0.15, 0.2) is 46.8 Å². The van der Waals surface area contributed by atoms with Crippen LogP contribution in [-0.2, 0) is 21.4 Å². The number of aliphatic hydroxyl groups is 1. The molecule has 11 nitrogen and oxygen atoms in total. The molecule has 0 saturated carbocycles. The van der Waals surface area contributed by atoms with Crippen molar-refractivity contribution in [2.45, 2.75) is 22.7 Å². The molecule has 2 aliphatic rings. The standard InChI is InChI=1S/C18H18N6O5S2.Na.H/c1-23-18(20-21-22-23)31-8-10-7-30-16-11(15(27)24(16)12(10)17(28)29)19-14(26)13(25)9-5-3-2-4-6-9;;/h2-6,11,13,16,25H,7-8H2,1H3,(H,19,26)(H,28,29);;/t11-,13?,16-;;/m1../s1. The molecular weight excluding hydrogens is 467 g/mol. The zero-order valence-electron chi connectivity index (χ0n) is 16.2. The number of carboxylic acid groups (broad SMARTS) is 1. The number of aliphatic hydroxyl groups excluding tert-OH is 1. The Hall–Kier alpha value is -1.90. The Morgan fingerprint density at radius 1 is 1.34 bits per heavy atom. The molecule has 0 spiro atoms. The summed E-state index contributed by atoms with van der Waals surface area (Å²) in [6, 6.07) is 7.46. The molecule has 0 bridgehead atoms. The first-order valence-electron chi connectivity index (χ1n) is 9.17. The molecule has 0 radical (unpaired) electrons. The number of carboxylic acids is 1. The van der Waals surface area contributed by atoms with E-state index >= 15 is 0 Å². The van der Waals surface area contributed by atoms with Gasteiger partial charge in [-0.15, -0.1) is 16.9 Å². The van der Waals surface area contributed by atoms with Gasteiger partial charge >= 0.3 is 35.5 Å². The second-order valence-corrected chi connectivity index (χ2v) is 8.89. The van der Waals surface area contributed by atoms with E-state index in [-0.39, 0.29) is 35.3 Å². The fourth-order valence-corrected chi connectivity index (χ4v) is 5.64. The summed E-state index contributed by atoms with van der Waals surface area (Å²) in [6.45, 7) is 0. The molecule has 2 amide bonds. The molecule has 1 aromatic carbocycles.